The van der Waals surface area contributed by atoms with Gasteiger partial charge in [0.15, 0.2) is 11.6 Å². The van der Waals surface area contributed by atoms with Gasteiger partial charge in [0.2, 0.25) is 0 Å². The predicted molar refractivity (Wildman–Crippen MR) is 102 cm³/mol. The Morgan fingerprint density at radius 1 is 1.30 bits per heavy atom. The Labute approximate surface area is 192 Å². The third-order valence-electron chi connectivity index (χ3n) is 8.01. The van der Waals surface area contributed by atoms with Crippen LogP contribution < -0.4 is 0 Å². The van der Waals surface area contributed by atoms with Crippen LogP contribution in [0, 0.1) is 28.6 Å². The van der Waals surface area contributed by atoms with Crippen LogP contribution in [0.5, 0.6) is 0 Å². The minimum atomic E-state index is -1.62. The van der Waals surface area contributed by atoms with Crippen molar-refractivity contribution in [3.8, 4) is 0 Å². The third kappa shape index (κ3) is 2.72. The summed E-state index contributed by atoms with van der Waals surface area (Å²) < 4.78 is 0. The van der Waals surface area contributed by atoms with Crippen molar-refractivity contribution in [2.24, 2.45) is 28.6 Å². The summed E-state index contributed by atoms with van der Waals surface area (Å²) in [7, 11) is 0. The van der Waals surface area contributed by atoms with Crippen LogP contribution >= 0.6 is 0 Å². The molecule has 144 valence electrons. The number of aliphatic hydroxyl groups is 2. The summed E-state index contributed by atoms with van der Waals surface area (Å²) in [6.07, 6.45) is 7.82. The van der Waals surface area contributed by atoms with Gasteiger partial charge in [-0.25, -0.2) is 0 Å². The van der Waals surface area contributed by atoms with Gasteiger partial charge in [0.25, 0.3) is 0 Å². The van der Waals surface area contributed by atoms with E-state index in [0.717, 1.165) is 18.4 Å². The minimum absolute atomic E-state index is 0. The Hall–Kier alpha value is -0.330. The van der Waals surface area contributed by atoms with Gasteiger partial charge in [-0.1, -0.05) is 25.5 Å². The van der Waals surface area contributed by atoms with Crippen LogP contribution in [0.1, 0.15) is 48.8 Å². The van der Waals surface area contributed by atoms with Gasteiger partial charge in [0, 0.05) is 23.2 Å². The zero-order chi connectivity index (χ0) is 18.9. The van der Waals surface area contributed by atoms with Crippen molar-refractivity contribution in [3.05, 3.63) is 23.8 Å². The van der Waals surface area contributed by atoms with Gasteiger partial charge in [-0.05, 0) is 49.7 Å². The maximum atomic E-state index is 13.3. The maximum Gasteiger partial charge on any atom is 2.00 e. The van der Waals surface area contributed by atoms with Crippen LogP contribution in [-0.4, -0.2) is 77.5 Å². The number of aliphatic hydroxyl groups excluding tert-OH is 1. The molecule has 0 unspecified atom stereocenters. The van der Waals surface area contributed by atoms with Gasteiger partial charge in [-0.3, -0.25) is 14.4 Å². The number of hydrogen-bond donors (Lipinski definition) is 2. The molecule has 0 aromatic heterocycles. The first kappa shape index (κ1) is 21.4. The van der Waals surface area contributed by atoms with E-state index >= 15 is 0 Å². The maximum absolute atomic E-state index is 13.3. The number of carbonyl (C=O) groups excluding carboxylic acids is 3. The van der Waals surface area contributed by atoms with E-state index in [-0.39, 0.29) is 76.3 Å². The van der Waals surface area contributed by atoms with Gasteiger partial charge in [0.1, 0.15) is 18.0 Å². The van der Waals surface area contributed by atoms with Crippen LogP contribution in [0.4, 0.5) is 0 Å². The monoisotopic (exact) mass is 400 g/mol. The number of carbonyl (C=O) groups is 3. The second kappa shape index (κ2) is 6.87. The standard InChI is InChI=1S/C21H26O5.Ca.2H/c1-19-7-5-13(23)9-12(19)3-4-14-15-6-8-21(26,17(25)11-22)20(15,2)10-16(24)18(14)19;;;/h5,7,9,14-15,18,22,26H,3-4,6,8,10-11H2,1-2H3;;;/q;+2;2*-1/t14-,15-,18+,19-,20-,21-;;;/m0.../s1. The second-order valence-electron chi connectivity index (χ2n) is 9.02. The van der Waals surface area contributed by atoms with Gasteiger partial charge < -0.3 is 13.1 Å². The average Bonchev–Trinajstić information content (AvgIpc) is 2.86. The molecule has 5 nitrogen and oxygen atoms in total. The average molecular weight is 401 g/mol. The molecule has 3 fully saturated rings. The summed E-state index contributed by atoms with van der Waals surface area (Å²) in [6, 6.07) is 0. The summed E-state index contributed by atoms with van der Waals surface area (Å²) in [5.41, 5.74) is -1.86. The van der Waals surface area contributed by atoms with Crippen LogP contribution in [0.2, 0.25) is 0 Å². The molecule has 3 saturated carbocycles. The van der Waals surface area contributed by atoms with E-state index < -0.39 is 28.8 Å². The van der Waals surface area contributed by atoms with Crippen molar-refractivity contribution >= 4 is 55.1 Å². The fraction of sp³-hybridized carbons (Fsp3) is 0.667. The molecule has 4 aliphatic rings. The van der Waals surface area contributed by atoms with E-state index in [1.807, 2.05) is 19.9 Å². The largest absolute Gasteiger partial charge is 2.00 e. The number of ketones is 3. The van der Waals surface area contributed by atoms with Crippen LogP contribution in [-0.2, 0) is 14.4 Å². The molecule has 0 amide bonds. The summed E-state index contributed by atoms with van der Waals surface area (Å²) in [4.78, 5) is 37.4. The van der Waals surface area contributed by atoms with Crippen molar-refractivity contribution in [2.75, 3.05) is 6.61 Å². The number of fused-ring (bicyclic) bond motifs is 5. The van der Waals surface area contributed by atoms with Crippen LogP contribution in [0.25, 0.3) is 0 Å². The molecule has 4 aliphatic carbocycles. The molecule has 0 aliphatic heterocycles. The van der Waals surface area contributed by atoms with E-state index in [9.17, 15) is 24.6 Å². The van der Waals surface area contributed by atoms with Crippen molar-refractivity contribution in [3.63, 3.8) is 0 Å². The van der Waals surface area contributed by atoms with E-state index in [0.29, 0.717) is 12.8 Å². The smallest absolute Gasteiger partial charge is 1.00 e. The first-order chi connectivity index (χ1) is 12.2. The quantitative estimate of drug-likeness (QED) is 0.687. The van der Waals surface area contributed by atoms with E-state index in [2.05, 4.69) is 0 Å². The number of hydrogen-bond acceptors (Lipinski definition) is 5. The normalized spacial score (nSPS) is 45.3. The summed E-state index contributed by atoms with van der Waals surface area (Å²) in [5, 5.41) is 20.5. The molecular weight excluding hydrogens is 372 g/mol. The van der Waals surface area contributed by atoms with Crippen LogP contribution in [0.15, 0.2) is 23.8 Å². The van der Waals surface area contributed by atoms with Crippen molar-refractivity contribution < 1.29 is 27.4 Å². The molecule has 0 aromatic rings. The first-order valence-electron chi connectivity index (χ1n) is 9.51. The van der Waals surface area contributed by atoms with Gasteiger partial charge in [0.05, 0.1) is 0 Å². The molecule has 0 spiro atoms. The Morgan fingerprint density at radius 2 is 2.00 bits per heavy atom. The SMILES string of the molecule is C[C@]12C=CC(=O)C=C1CC[C@@H]1[C@@H]2C(=O)C[C@@]2(C)[C@H]1CC[C@]2(O)C(=O)CO.[Ca+2].[H-].[H-]. The summed E-state index contributed by atoms with van der Waals surface area (Å²) in [5.74, 6) is -0.590. The van der Waals surface area contributed by atoms with Gasteiger partial charge in [-0.2, -0.15) is 0 Å². The molecule has 0 bridgehead atoms. The van der Waals surface area contributed by atoms with E-state index in [1.165, 1.54) is 0 Å². The van der Waals surface area contributed by atoms with Gasteiger partial charge >= 0.3 is 37.7 Å². The number of rotatable bonds is 2. The van der Waals surface area contributed by atoms with E-state index in [1.54, 1.807) is 12.2 Å². The molecular formula is C21H28CaO5. The topological polar surface area (TPSA) is 91.7 Å². The van der Waals surface area contributed by atoms with Crippen molar-refractivity contribution in [1.29, 1.82) is 0 Å². The Morgan fingerprint density at radius 3 is 2.67 bits per heavy atom. The third-order valence-corrected chi connectivity index (χ3v) is 8.01. The number of allylic oxidation sites excluding steroid dienone is 4. The molecule has 2 N–H and O–H groups in total. The molecule has 0 saturated heterocycles. The van der Waals surface area contributed by atoms with Crippen molar-refractivity contribution in [2.45, 2.75) is 51.6 Å². The Bertz CT molecular complexity index is 781. The Balaban J connectivity index is 0.00000140. The molecule has 0 aromatic carbocycles. The van der Waals surface area contributed by atoms with Gasteiger partial charge in [-0.15, -0.1) is 0 Å². The zero-order valence-corrected chi connectivity index (χ0v) is 18.2. The number of Topliss-reactive ketones (excluding diaryl/α,β-unsaturated/α-hetero) is 2. The molecule has 0 heterocycles. The zero-order valence-electron chi connectivity index (χ0n) is 18.0. The Kier molecular flexibility index (Phi) is 5.44. The fourth-order valence-electron chi connectivity index (χ4n) is 6.62. The molecule has 6 heteroatoms. The predicted octanol–water partition coefficient (Wildman–Crippen LogP) is 1.61. The molecule has 6 atom stereocenters. The summed E-state index contributed by atoms with van der Waals surface area (Å²) in [6.45, 7) is 3.19. The van der Waals surface area contributed by atoms with E-state index in [4.69, 9.17) is 0 Å². The molecule has 4 rings (SSSR count). The minimum Gasteiger partial charge on any atom is -1.00 e. The first-order valence-corrected chi connectivity index (χ1v) is 9.51. The summed E-state index contributed by atoms with van der Waals surface area (Å²) >= 11 is 0. The molecule has 0 radical (unpaired) electrons. The fourth-order valence-corrected chi connectivity index (χ4v) is 6.62. The van der Waals surface area contributed by atoms with Crippen molar-refractivity contribution in [1.82, 2.24) is 0 Å². The van der Waals surface area contributed by atoms with Crippen LogP contribution in [0.3, 0.4) is 0 Å². The molecule has 27 heavy (non-hydrogen) atoms. The second-order valence-corrected chi connectivity index (χ2v) is 9.02.